The smallest absolute Gasteiger partial charge is 0.239 e. The molecule has 30 heavy (non-hydrogen) atoms. The highest BCUT2D eigenvalue weighted by atomic mass is 35.5. The Balaban J connectivity index is 1.55. The number of hydrogen-bond donors (Lipinski definition) is 1. The van der Waals surface area contributed by atoms with Crippen molar-refractivity contribution >= 4 is 17.5 Å². The second-order valence-corrected chi connectivity index (χ2v) is 8.09. The Morgan fingerprint density at radius 2 is 1.17 bits per heavy atom. The van der Waals surface area contributed by atoms with Crippen LogP contribution >= 0.6 is 11.6 Å². The van der Waals surface area contributed by atoms with Gasteiger partial charge in [-0.2, -0.15) is 0 Å². The van der Waals surface area contributed by atoms with E-state index in [2.05, 4.69) is 46.2 Å². The summed E-state index contributed by atoms with van der Waals surface area (Å²) < 4.78 is 0. The third-order valence-corrected chi connectivity index (χ3v) is 6.02. The van der Waals surface area contributed by atoms with Crippen molar-refractivity contribution < 1.29 is 4.79 Å². The van der Waals surface area contributed by atoms with E-state index in [1.807, 2.05) is 48.5 Å². The molecule has 0 radical (unpaired) electrons. The van der Waals surface area contributed by atoms with Crippen molar-refractivity contribution in [2.75, 3.05) is 26.2 Å². The van der Waals surface area contributed by atoms with Gasteiger partial charge in [0.1, 0.15) is 6.04 Å². The first kappa shape index (κ1) is 20.6. The molecule has 2 atom stereocenters. The van der Waals surface area contributed by atoms with Gasteiger partial charge in [0.2, 0.25) is 5.91 Å². The molecule has 0 bridgehead atoms. The number of nitrogens with zero attached hydrogens (tertiary/aromatic N) is 2. The van der Waals surface area contributed by atoms with E-state index in [1.165, 1.54) is 11.1 Å². The predicted molar refractivity (Wildman–Crippen MR) is 121 cm³/mol. The first-order chi connectivity index (χ1) is 14.6. The normalized spacial score (nSPS) is 17.4. The average molecular weight is 420 g/mol. The SMILES string of the molecule is NC(=O)[C@H](c1ccccc1)N1CCN([C@@H](c2ccccc2)c2ccc(Cl)cc2)CC1. The van der Waals surface area contributed by atoms with Crippen LogP contribution in [0.2, 0.25) is 5.02 Å². The maximum Gasteiger partial charge on any atom is 0.239 e. The molecule has 2 N–H and O–H groups in total. The van der Waals surface area contributed by atoms with Crippen LogP contribution in [0.25, 0.3) is 0 Å². The van der Waals surface area contributed by atoms with E-state index in [1.54, 1.807) is 0 Å². The minimum atomic E-state index is -0.390. The Kier molecular flexibility index (Phi) is 6.48. The van der Waals surface area contributed by atoms with E-state index >= 15 is 0 Å². The van der Waals surface area contributed by atoms with E-state index in [4.69, 9.17) is 17.3 Å². The number of primary amides is 1. The van der Waals surface area contributed by atoms with Gasteiger partial charge in [0.05, 0.1) is 6.04 Å². The number of carbonyl (C=O) groups excluding carboxylic acids is 1. The zero-order valence-corrected chi connectivity index (χ0v) is 17.6. The zero-order valence-electron chi connectivity index (χ0n) is 16.8. The van der Waals surface area contributed by atoms with Gasteiger partial charge in [0.25, 0.3) is 0 Å². The summed E-state index contributed by atoms with van der Waals surface area (Å²) in [5.74, 6) is -0.299. The van der Waals surface area contributed by atoms with E-state index in [0.29, 0.717) is 0 Å². The van der Waals surface area contributed by atoms with Crippen LogP contribution in [-0.4, -0.2) is 41.9 Å². The van der Waals surface area contributed by atoms with Gasteiger partial charge in [-0.1, -0.05) is 84.4 Å². The predicted octanol–water partition coefficient (Wildman–Crippen LogP) is 4.27. The monoisotopic (exact) mass is 419 g/mol. The van der Waals surface area contributed by atoms with Gasteiger partial charge in [-0.15, -0.1) is 0 Å². The van der Waals surface area contributed by atoms with Crippen LogP contribution in [0.1, 0.15) is 28.8 Å². The molecule has 1 aliphatic heterocycles. The summed E-state index contributed by atoms with van der Waals surface area (Å²) in [7, 11) is 0. The highest BCUT2D eigenvalue weighted by Crippen LogP contribution is 2.32. The Hall–Kier alpha value is -2.66. The Morgan fingerprint density at radius 1 is 0.700 bits per heavy atom. The summed E-state index contributed by atoms with van der Waals surface area (Å²) in [6.45, 7) is 3.25. The quantitative estimate of drug-likeness (QED) is 0.649. The van der Waals surface area contributed by atoms with Crippen molar-refractivity contribution in [1.82, 2.24) is 9.80 Å². The van der Waals surface area contributed by atoms with Crippen LogP contribution in [0.15, 0.2) is 84.9 Å². The zero-order chi connectivity index (χ0) is 20.9. The topological polar surface area (TPSA) is 49.6 Å². The number of rotatable bonds is 6. The third-order valence-electron chi connectivity index (χ3n) is 5.77. The van der Waals surface area contributed by atoms with E-state index < -0.39 is 0 Å². The van der Waals surface area contributed by atoms with Gasteiger partial charge < -0.3 is 5.73 Å². The van der Waals surface area contributed by atoms with E-state index in [0.717, 1.165) is 36.8 Å². The Morgan fingerprint density at radius 3 is 1.70 bits per heavy atom. The highest BCUT2D eigenvalue weighted by Gasteiger charge is 2.32. The number of amides is 1. The van der Waals surface area contributed by atoms with Crippen molar-refractivity contribution in [3.8, 4) is 0 Å². The van der Waals surface area contributed by atoms with Crippen molar-refractivity contribution in [3.05, 3.63) is 107 Å². The van der Waals surface area contributed by atoms with Gasteiger partial charge in [0.15, 0.2) is 0 Å². The summed E-state index contributed by atoms with van der Waals surface area (Å²) in [6.07, 6.45) is 0. The van der Waals surface area contributed by atoms with Gasteiger partial charge in [-0.05, 0) is 28.8 Å². The van der Waals surface area contributed by atoms with E-state index in [9.17, 15) is 4.79 Å². The van der Waals surface area contributed by atoms with Crippen LogP contribution in [0, 0.1) is 0 Å². The fourth-order valence-electron chi connectivity index (χ4n) is 4.34. The molecular formula is C25H26ClN3O. The number of hydrogen-bond acceptors (Lipinski definition) is 3. The fourth-order valence-corrected chi connectivity index (χ4v) is 4.46. The summed E-state index contributed by atoms with van der Waals surface area (Å²) >= 11 is 6.13. The Labute approximate surface area is 182 Å². The molecule has 1 amide bonds. The number of halogens is 1. The Bertz CT molecular complexity index is 955. The summed E-state index contributed by atoms with van der Waals surface area (Å²) in [6, 6.07) is 28.2. The molecule has 0 spiro atoms. The molecule has 154 valence electrons. The highest BCUT2D eigenvalue weighted by molar-refractivity contribution is 6.30. The molecule has 1 fully saturated rings. The second-order valence-electron chi connectivity index (χ2n) is 7.65. The number of piperazine rings is 1. The maximum atomic E-state index is 12.2. The molecule has 1 heterocycles. The summed E-state index contributed by atoms with van der Waals surface area (Å²) in [5, 5.41) is 0.738. The molecule has 5 heteroatoms. The standard InChI is InChI=1S/C25H26ClN3O/c26-22-13-11-21(12-14-22)23(19-7-3-1-4-8-19)28-15-17-29(18-16-28)24(25(27)30)20-9-5-2-6-10-20/h1-14,23-24H,15-18H2,(H2,27,30)/t23-,24-/m0/s1. The molecular weight excluding hydrogens is 394 g/mol. The maximum absolute atomic E-state index is 12.2. The lowest BCUT2D eigenvalue weighted by Gasteiger charge is -2.42. The average Bonchev–Trinajstić information content (AvgIpc) is 2.78. The first-order valence-corrected chi connectivity index (χ1v) is 10.6. The van der Waals surface area contributed by atoms with Gasteiger partial charge >= 0.3 is 0 Å². The molecule has 3 aromatic carbocycles. The first-order valence-electron chi connectivity index (χ1n) is 10.3. The molecule has 4 rings (SSSR count). The number of carbonyl (C=O) groups is 1. The molecule has 1 aliphatic rings. The molecule has 0 aromatic heterocycles. The number of nitrogens with two attached hydrogens (primary N) is 1. The second kappa shape index (κ2) is 9.43. The summed E-state index contributed by atoms with van der Waals surface area (Å²) in [5.41, 5.74) is 9.21. The molecule has 0 unspecified atom stereocenters. The van der Waals surface area contributed by atoms with Crippen molar-refractivity contribution in [2.24, 2.45) is 5.73 Å². The van der Waals surface area contributed by atoms with Crippen molar-refractivity contribution in [2.45, 2.75) is 12.1 Å². The summed E-state index contributed by atoms with van der Waals surface area (Å²) in [4.78, 5) is 16.9. The van der Waals surface area contributed by atoms with E-state index in [-0.39, 0.29) is 18.0 Å². The van der Waals surface area contributed by atoms with Gasteiger partial charge in [-0.3, -0.25) is 14.6 Å². The number of benzene rings is 3. The lowest BCUT2D eigenvalue weighted by Crippen LogP contribution is -2.51. The largest absolute Gasteiger partial charge is 0.368 e. The lowest BCUT2D eigenvalue weighted by molar-refractivity contribution is -0.124. The fraction of sp³-hybridized carbons (Fsp3) is 0.240. The van der Waals surface area contributed by atoms with Crippen LogP contribution in [-0.2, 0) is 4.79 Å². The molecule has 0 saturated carbocycles. The van der Waals surface area contributed by atoms with Crippen LogP contribution in [0.5, 0.6) is 0 Å². The van der Waals surface area contributed by atoms with Crippen LogP contribution in [0.4, 0.5) is 0 Å². The van der Waals surface area contributed by atoms with Gasteiger partial charge in [-0.25, -0.2) is 0 Å². The lowest BCUT2D eigenvalue weighted by atomic mass is 9.96. The molecule has 4 nitrogen and oxygen atoms in total. The van der Waals surface area contributed by atoms with Crippen molar-refractivity contribution in [1.29, 1.82) is 0 Å². The molecule has 0 aliphatic carbocycles. The third kappa shape index (κ3) is 4.57. The van der Waals surface area contributed by atoms with Gasteiger partial charge in [0, 0.05) is 31.2 Å². The minimum Gasteiger partial charge on any atom is -0.368 e. The molecule has 1 saturated heterocycles. The minimum absolute atomic E-state index is 0.148. The molecule has 3 aromatic rings. The van der Waals surface area contributed by atoms with Crippen LogP contribution in [0.3, 0.4) is 0 Å². The van der Waals surface area contributed by atoms with Crippen molar-refractivity contribution in [3.63, 3.8) is 0 Å². The van der Waals surface area contributed by atoms with Crippen LogP contribution < -0.4 is 5.73 Å².